The van der Waals surface area contributed by atoms with Crippen LogP contribution in [0, 0.1) is 28.1 Å². The van der Waals surface area contributed by atoms with Gasteiger partial charge in [0.25, 0.3) is 0 Å². The molecule has 3 atom stereocenters. The smallest absolute Gasteiger partial charge is 0.235 e. The largest absolute Gasteiger partial charge is 0.339 e. The van der Waals surface area contributed by atoms with E-state index in [1.54, 1.807) is 0 Å². The molecule has 6 heteroatoms. The Bertz CT molecular complexity index is 877. The van der Waals surface area contributed by atoms with Crippen LogP contribution in [-0.4, -0.2) is 33.4 Å². The molecule has 1 aromatic heterocycles. The maximum atomic E-state index is 13.8. The van der Waals surface area contributed by atoms with Crippen molar-refractivity contribution in [3.8, 4) is 12.1 Å². The first-order chi connectivity index (χ1) is 12.4. The van der Waals surface area contributed by atoms with E-state index in [-0.39, 0.29) is 34.7 Å². The van der Waals surface area contributed by atoms with Gasteiger partial charge in [-0.05, 0) is 44.4 Å². The van der Waals surface area contributed by atoms with E-state index in [4.69, 9.17) is 0 Å². The number of hydrogen-bond donors (Lipinski definition) is 0. The number of fused-ring (bicyclic) bond motifs is 5. The van der Waals surface area contributed by atoms with E-state index < -0.39 is 5.41 Å². The Labute approximate surface area is 153 Å². The molecular formula is C20H23N5O. The topological polar surface area (TPSA) is 93.7 Å². The Kier molecular flexibility index (Phi) is 3.60. The van der Waals surface area contributed by atoms with Gasteiger partial charge in [0.05, 0.1) is 16.8 Å². The molecule has 26 heavy (non-hydrogen) atoms. The second-order valence-corrected chi connectivity index (χ2v) is 8.44. The molecule has 2 bridgehead atoms. The van der Waals surface area contributed by atoms with Gasteiger partial charge in [-0.1, -0.05) is 13.8 Å². The van der Waals surface area contributed by atoms with Gasteiger partial charge in [0.2, 0.25) is 5.91 Å². The van der Waals surface area contributed by atoms with Gasteiger partial charge in [0, 0.05) is 18.5 Å². The van der Waals surface area contributed by atoms with Crippen LogP contribution in [0.5, 0.6) is 0 Å². The third-order valence-corrected chi connectivity index (χ3v) is 7.08. The average molecular weight is 349 g/mol. The van der Waals surface area contributed by atoms with Gasteiger partial charge in [-0.3, -0.25) is 4.79 Å². The third-order valence-electron chi connectivity index (χ3n) is 7.08. The highest BCUT2D eigenvalue weighted by molar-refractivity contribution is 5.91. The van der Waals surface area contributed by atoms with Crippen LogP contribution in [0.2, 0.25) is 0 Å². The number of carbonyl (C=O) groups excluding carboxylic acids is 1. The molecule has 0 radical (unpaired) electrons. The molecule has 134 valence electrons. The van der Waals surface area contributed by atoms with Crippen molar-refractivity contribution >= 4 is 5.91 Å². The molecule has 2 fully saturated rings. The minimum atomic E-state index is -0.731. The quantitative estimate of drug-likeness (QED) is 0.777. The van der Waals surface area contributed by atoms with Crippen molar-refractivity contribution in [1.29, 1.82) is 10.5 Å². The maximum Gasteiger partial charge on any atom is 0.235 e. The molecule has 4 rings (SSSR count). The number of likely N-dealkylation sites (tertiary alicyclic amines) is 1. The highest BCUT2D eigenvalue weighted by atomic mass is 16.2. The van der Waals surface area contributed by atoms with E-state index in [1.807, 2.05) is 17.0 Å². The van der Waals surface area contributed by atoms with Crippen molar-refractivity contribution in [2.24, 2.45) is 5.41 Å². The minimum absolute atomic E-state index is 0.0356. The van der Waals surface area contributed by atoms with Crippen LogP contribution in [0.15, 0.2) is 0 Å². The zero-order valence-corrected chi connectivity index (χ0v) is 15.5. The summed E-state index contributed by atoms with van der Waals surface area (Å²) < 4.78 is 0. The van der Waals surface area contributed by atoms with Crippen LogP contribution in [0.1, 0.15) is 81.6 Å². The number of piperidine rings is 1. The number of nitriles is 2. The van der Waals surface area contributed by atoms with Crippen molar-refractivity contribution in [3.05, 3.63) is 22.8 Å². The standard InChI is InChI=1S/C20H23N5O/c1-12-6-4-5-9-25(12)18(26)20-8-7-13(19(20,2)3)16-17(20)24-15(11-22)14(10-21)23-16/h12-13H,4-9H2,1-3H3. The lowest BCUT2D eigenvalue weighted by atomic mass is 9.67. The summed E-state index contributed by atoms with van der Waals surface area (Å²) in [6.07, 6.45) is 4.83. The zero-order chi connectivity index (χ0) is 18.7. The fourth-order valence-electron chi connectivity index (χ4n) is 5.53. The van der Waals surface area contributed by atoms with Gasteiger partial charge in [0.1, 0.15) is 12.1 Å². The summed E-state index contributed by atoms with van der Waals surface area (Å²) in [4.78, 5) is 24.9. The zero-order valence-electron chi connectivity index (χ0n) is 15.5. The van der Waals surface area contributed by atoms with Crippen LogP contribution in [0.25, 0.3) is 0 Å². The Morgan fingerprint density at radius 2 is 1.85 bits per heavy atom. The first-order valence-electron chi connectivity index (χ1n) is 9.42. The van der Waals surface area contributed by atoms with Gasteiger partial charge < -0.3 is 4.90 Å². The third kappa shape index (κ3) is 1.88. The molecule has 1 saturated carbocycles. The van der Waals surface area contributed by atoms with Crippen LogP contribution >= 0.6 is 0 Å². The molecule has 1 saturated heterocycles. The fourth-order valence-corrected chi connectivity index (χ4v) is 5.53. The molecule has 1 amide bonds. The van der Waals surface area contributed by atoms with Gasteiger partial charge in [0.15, 0.2) is 11.4 Å². The highest BCUT2D eigenvalue weighted by Crippen LogP contribution is 2.67. The van der Waals surface area contributed by atoms with Crippen molar-refractivity contribution in [2.75, 3.05) is 6.54 Å². The van der Waals surface area contributed by atoms with Crippen molar-refractivity contribution in [3.63, 3.8) is 0 Å². The van der Waals surface area contributed by atoms with Crippen molar-refractivity contribution in [2.45, 2.75) is 70.3 Å². The van der Waals surface area contributed by atoms with Gasteiger partial charge in [-0.15, -0.1) is 0 Å². The van der Waals surface area contributed by atoms with Gasteiger partial charge in [-0.2, -0.15) is 10.5 Å². The molecule has 3 aliphatic rings. The van der Waals surface area contributed by atoms with E-state index >= 15 is 0 Å². The van der Waals surface area contributed by atoms with E-state index in [0.29, 0.717) is 5.69 Å². The molecule has 2 aliphatic carbocycles. The van der Waals surface area contributed by atoms with Crippen LogP contribution < -0.4 is 0 Å². The predicted molar refractivity (Wildman–Crippen MR) is 93.9 cm³/mol. The van der Waals surface area contributed by atoms with E-state index in [2.05, 4.69) is 30.7 Å². The lowest BCUT2D eigenvalue weighted by molar-refractivity contribution is -0.144. The summed E-state index contributed by atoms with van der Waals surface area (Å²) in [5.41, 5.74) is 0.471. The number of rotatable bonds is 1. The van der Waals surface area contributed by atoms with E-state index in [1.165, 1.54) is 0 Å². The maximum absolute atomic E-state index is 13.8. The molecule has 1 aliphatic heterocycles. The summed E-state index contributed by atoms with van der Waals surface area (Å²) in [7, 11) is 0. The van der Waals surface area contributed by atoms with Crippen LogP contribution in [-0.2, 0) is 10.2 Å². The number of aromatic nitrogens is 2. The second-order valence-electron chi connectivity index (χ2n) is 8.44. The first-order valence-corrected chi connectivity index (χ1v) is 9.42. The number of carbonyl (C=O) groups is 1. The molecule has 0 N–H and O–H groups in total. The van der Waals surface area contributed by atoms with E-state index in [9.17, 15) is 15.3 Å². The Morgan fingerprint density at radius 1 is 1.15 bits per heavy atom. The highest BCUT2D eigenvalue weighted by Gasteiger charge is 2.68. The summed E-state index contributed by atoms with van der Waals surface area (Å²) in [6, 6.07) is 4.20. The van der Waals surface area contributed by atoms with Crippen LogP contribution in [0.3, 0.4) is 0 Å². The molecule has 6 nitrogen and oxygen atoms in total. The molecular weight excluding hydrogens is 326 g/mol. The normalized spacial score (nSPS) is 31.2. The summed E-state index contributed by atoms with van der Waals surface area (Å²) in [5.74, 6) is 0.243. The monoisotopic (exact) mass is 349 g/mol. The molecule has 0 aromatic carbocycles. The predicted octanol–water partition coefficient (Wildman–Crippen LogP) is 2.78. The molecule has 2 heterocycles. The Hall–Kier alpha value is -2.47. The van der Waals surface area contributed by atoms with Gasteiger partial charge in [-0.25, -0.2) is 9.97 Å². The minimum Gasteiger partial charge on any atom is -0.339 e. The molecule has 0 spiro atoms. The van der Waals surface area contributed by atoms with Gasteiger partial charge >= 0.3 is 0 Å². The number of amides is 1. The summed E-state index contributed by atoms with van der Waals surface area (Å²) in [6.45, 7) is 7.15. The second kappa shape index (κ2) is 5.51. The fraction of sp³-hybridized carbons (Fsp3) is 0.650. The Morgan fingerprint density at radius 3 is 2.50 bits per heavy atom. The summed E-state index contributed by atoms with van der Waals surface area (Å²) >= 11 is 0. The lowest BCUT2D eigenvalue weighted by Crippen LogP contribution is -2.55. The van der Waals surface area contributed by atoms with Crippen LogP contribution in [0.4, 0.5) is 0 Å². The number of nitrogens with zero attached hydrogens (tertiary/aromatic N) is 5. The average Bonchev–Trinajstić information content (AvgIpc) is 3.02. The lowest BCUT2D eigenvalue weighted by Gasteiger charge is -2.44. The first kappa shape index (κ1) is 17.0. The van der Waals surface area contributed by atoms with Crippen molar-refractivity contribution < 1.29 is 4.79 Å². The van der Waals surface area contributed by atoms with Crippen molar-refractivity contribution in [1.82, 2.24) is 14.9 Å². The van der Waals surface area contributed by atoms with E-state index in [0.717, 1.165) is 44.3 Å². The SMILES string of the molecule is CC1CCCCN1C(=O)C12CCC(c3nc(C#N)c(C#N)nc31)C2(C)C. The summed E-state index contributed by atoms with van der Waals surface area (Å²) in [5, 5.41) is 18.7. The molecule has 3 unspecified atom stereocenters. The Balaban J connectivity index is 1.90. The number of hydrogen-bond acceptors (Lipinski definition) is 5. The molecule has 1 aromatic rings.